The summed E-state index contributed by atoms with van der Waals surface area (Å²) in [6, 6.07) is 10.3. The molecule has 2 rings (SSSR count). The van der Waals surface area contributed by atoms with E-state index in [-0.39, 0.29) is 5.75 Å². The minimum Gasteiger partial charge on any atom is -0.361 e. The Morgan fingerprint density at radius 2 is 1.94 bits per heavy atom. The molecule has 0 radical (unpaired) electrons. The number of para-hydroxylation sites is 1. The van der Waals surface area contributed by atoms with E-state index in [2.05, 4.69) is 23.2 Å². The lowest BCUT2D eigenvalue weighted by atomic mass is 10.3. The number of rotatable bonds is 3. The van der Waals surface area contributed by atoms with E-state index in [1.807, 2.05) is 25.3 Å². The van der Waals surface area contributed by atoms with Crippen LogP contribution in [0.2, 0.25) is 0 Å². The van der Waals surface area contributed by atoms with Gasteiger partial charge in [-0.2, -0.15) is 8.42 Å². The highest BCUT2D eigenvalue weighted by atomic mass is 32.2. The molecule has 0 bridgehead atoms. The van der Waals surface area contributed by atoms with E-state index in [0.717, 1.165) is 6.42 Å². The number of hydrogen-bond acceptors (Lipinski definition) is 2. The lowest BCUT2D eigenvalue weighted by molar-refractivity contribution is 0.480. The molecule has 2 aromatic rings. The number of nitrogens with one attached hydrogen (secondary N) is 1. The fourth-order valence-corrected chi connectivity index (χ4v) is 1.98. The molecule has 0 saturated heterocycles. The second kappa shape index (κ2) is 6.42. The van der Waals surface area contributed by atoms with Crippen molar-refractivity contribution in [2.24, 2.45) is 0 Å². The fraction of sp³-hybridized carbons (Fsp3) is 0.333. The van der Waals surface area contributed by atoms with E-state index in [1.165, 1.54) is 10.9 Å². The van der Waals surface area contributed by atoms with Crippen molar-refractivity contribution in [3.8, 4) is 0 Å². The quantitative estimate of drug-likeness (QED) is 0.828. The predicted molar refractivity (Wildman–Crippen MR) is 69.6 cm³/mol. The maximum atomic E-state index is 9.95. The van der Waals surface area contributed by atoms with E-state index in [4.69, 9.17) is 4.55 Å². The van der Waals surface area contributed by atoms with Crippen LogP contribution in [0.1, 0.15) is 19.8 Å². The van der Waals surface area contributed by atoms with Crippen LogP contribution in [0.5, 0.6) is 0 Å². The topological polar surface area (TPSA) is 70.2 Å². The zero-order valence-electron chi connectivity index (χ0n) is 9.76. The molecule has 0 fully saturated rings. The summed E-state index contributed by atoms with van der Waals surface area (Å²) in [5.74, 6) is -0.108. The highest BCUT2D eigenvalue weighted by molar-refractivity contribution is 7.85. The summed E-state index contributed by atoms with van der Waals surface area (Å²) >= 11 is 0. The molecule has 1 aromatic carbocycles. The van der Waals surface area contributed by atoms with Gasteiger partial charge < -0.3 is 4.98 Å². The molecular formula is C12H17NO3S. The van der Waals surface area contributed by atoms with E-state index in [9.17, 15) is 8.42 Å². The Kier molecular flexibility index (Phi) is 5.18. The number of H-pyrrole nitrogens is 1. The number of benzene rings is 1. The van der Waals surface area contributed by atoms with Crippen molar-refractivity contribution < 1.29 is 13.0 Å². The lowest BCUT2D eigenvalue weighted by Gasteiger charge is -1.90. The highest BCUT2D eigenvalue weighted by Crippen LogP contribution is 2.09. The van der Waals surface area contributed by atoms with Crippen molar-refractivity contribution in [2.45, 2.75) is 19.8 Å². The Morgan fingerprint density at radius 3 is 2.47 bits per heavy atom. The zero-order valence-corrected chi connectivity index (χ0v) is 10.6. The van der Waals surface area contributed by atoms with Crippen molar-refractivity contribution in [1.82, 2.24) is 4.98 Å². The van der Waals surface area contributed by atoms with Gasteiger partial charge >= 0.3 is 0 Å². The summed E-state index contributed by atoms with van der Waals surface area (Å²) in [6.07, 6.45) is 3.28. The minimum atomic E-state index is -3.69. The Balaban J connectivity index is 0.000000172. The molecule has 1 aromatic heterocycles. The molecule has 1 heterocycles. The van der Waals surface area contributed by atoms with Gasteiger partial charge in [-0.3, -0.25) is 4.55 Å². The number of aromatic nitrogens is 1. The average molecular weight is 255 g/mol. The van der Waals surface area contributed by atoms with Crippen LogP contribution < -0.4 is 0 Å². The van der Waals surface area contributed by atoms with Gasteiger partial charge in [0.15, 0.2) is 0 Å². The molecule has 0 unspecified atom stereocenters. The van der Waals surface area contributed by atoms with Crippen LogP contribution in [-0.4, -0.2) is 23.7 Å². The molecule has 0 amide bonds. The predicted octanol–water partition coefficient (Wildman–Crippen LogP) is 2.84. The molecular weight excluding hydrogens is 238 g/mol. The maximum Gasteiger partial charge on any atom is 0.264 e. The first-order valence-corrected chi connectivity index (χ1v) is 7.11. The molecule has 94 valence electrons. The number of aromatic amines is 1. The van der Waals surface area contributed by atoms with Crippen LogP contribution >= 0.6 is 0 Å². The van der Waals surface area contributed by atoms with Crippen molar-refractivity contribution >= 4 is 21.0 Å². The minimum absolute atomic E-state index is 0.108. The van der Waals surface area contributed by atoms with Crippen LogP contribution in [0.3, 0.4) is 0 Å². The van der Waals surface area contributed by atoms with Gasteiger partial charge in [0.05, 0.1) is 5.75 Å². The molecule has 5 heteroatoms. The first-order chi connectivity index (χ1) is 8.03. The van der Waals surface area contributed by atoms with Gasteiger partial charge in [0.25, 0.3) is 10.1 Å². The zero-order chi connectivity index (χ0) is 12.7. The Bertz CT molecular complexity index is 515. The smallest absolute Gasteiger partial charge is 0.264 e. The number of fused-ring (bicyclic) bond motifs is 1. The van der Waals surface area contributed by atoms with Gasteiger partial charge in [0, 0.05) is 11.7 Å². The molecule has 0 saturated carbocycles. The Morgan fingerprint density at radius 1 is 1.24 bits per heavy atom. The normalized spacial score (nSPS) is 10.9. The SMILES string of the molecule is CCCCS(=O)(=O)O.c1ccc2[nH]ccc2c1. The molecule has 0 spiro atoms. The van der Waals surface area contributed by atoms with Gasteiger partial charge in [-0.05, 0) is 23.9 Å². The second-order valence-electron chi connectivity index (χ2n) is 3.70. The van der Waals surface area contributed by atoms with E-state index < -0.39 is 10.1 Å². The third-order valence-electron chi connectivity index (χ3n) is 2.22. The molecule has 4 nitrogen and oxygen atoms in total. The second-order valence-corrected chi connectivity index (χ2v) is 5.28. The van der Waals surface area contributed by atoms with Gasteiger partial charge in [0.1, 0.15) is 0 Å². The molecule has 0 aliphatic carbocycles. The Labute approximate surface area is 101 Å². The summed E-state index contributed by atoms with van der Waals surface area (Å²) in [5, 5.41) is 1.28. The third-order valence-corrected chi connectivity index (χ3v) is 3.02. The summed E-state index contributed by atoms with van der Waals surface area (Å²) in [6.45, 7) is 1.87. The van der Waals surface area contributed by atoms with Crippen molar-refractivity contribution in [3.05, 3.63) is 36.5 Å². The van der Waals surface area contributed by atoms with Gasteiger partial charge in [-0.1, -0.05) is 31.5 Å². The molecule has 0 aliphatic heterocycles. The summed E-state index contributed by atoms with van der Waals surface area (Å²) in [5.41, 5.74) is 1.21. The number of unbranched alkanes of at least 4 members (excludes halogenated alkanes) is 1. The lowest BCUT2D eigenvalue weighted by Crippen LogP contribution is -2.02. The molecule has 2 N–H and O–H groups in total. The monoisotopic (exact) mass is 255 g/mol. The molecule has 0 aliphatic rings. The van der Waals surface area contributed by atoms with Crippen molar-refractivity contribution in [1.29, 1.82) is 0 Å². The first-order valence-electron chi connectivity index (χ1n) is 5.50. The standard InChI is InChI=1S/C8H7N.C4H10O3S/c1-2-4-8-7(3-1)5-6-9-8;1-2-3-4-8(5,6)7/h1-6,9H;2-4H2,1H3,(H,5,6,7). The van der Waals surface area contributed by atoms with Gasteiger partial charge in [-0.15, -0.1) is 0 Å². The van der Waals surface area contributed by atoms with Crippen LogP contribution in [-0.2, 0) is 10.1 Å². The van der Waals surface area contributed by atoms with E-state index in [1.54, 1.807) is 0 Å². The number of hydrogen-bond donors (Lipinski definition) is 2. The van der Waals surface area contributed by atoms with Crippen LogP contribution in [0.4, 0.5) is 0 Å². The van der Waals surface area contributed by atoms with E-state index >= 15 is 0 Å². The van der Waals surface area contributed by atoms with Crippen LogP contribution in [0, 0.1) is 0 Å². The molecule has 17 heavy (non-hydrogen) atoms. The average Bonchev–Trinajstić information content (AvgIpc) is 2.74. The highest BCUT2D eigenvalue weighted by Gasteiger charge is 2.00. The fourth-order valence-electron chi connectivity index (χ4n) is 1.32. The third kappa shape index (κ3) is 5.51. The van der Waals surface area contributed by atoms with Crippen LogP contribution in [0.15, 0.2) is 36.5 Å². The first kappa shape index (κ1) is 13.7. The van der Waals surface area contributed by atoms with E-state index in [0.29, 0.717) is 6.42 Å². The van der Waals surface area contributed by atoms with Gasteiger partial charge in [-0.25, -0.2) is 0 Å². The maximum absolute atomic E-state index is 9.95. The van der Waals surface area contributed by atoms with Gasteiger partial charge in [0.2, 0.25) is 0 Å². The Hall–Kier alpha value is -1.33. The summed E-state index contributed by atoms with van der Waals surface area (Å²) in [7, 11) is -3.69. The van der Waals surface area contributed by atoms with Crippen molar-refractivity contribution in [3.63, 3.8) is 0 Å². The van der Waals surface area contributed by atoms with Crippen LogP contribution in [0.25, 0.3) is 10.9 Å². The summed E-state index contributed by atoms with van der Waals surface area (Å²) < 4.78 is 28.0. The molecule has 0 atom stereocenters. The summed E-state index contributed by atoms with van der Waals surface area (Å²) in [4.78, 5) is 3.12. The largest absolute Gasteiger partial charge is 0.361 e. The van der Waals surface area contributed by atoms with Crippen molar-refractivity contribution in [2.75, 3.05) is 5.75 Å².